The standard InChI is InChI=1S/C22H22N4O3S3/c1-9-5-6-12-13(7-9)31-21-16(12)18(27)25-14(26-21)8-30-19-15-10(2)17(22(28)29-4)32-20(15)24-11(3)23-19/h9H,5-8H2,1-4H3,(H,25,26,27)/t9-/m1/s1. The Morgan fingerprint density at radius 1 is 1.19 bits per heavy atom. The molecule has 4 heterocycles. The molecule has 1 N–H and O–H groups in total. The lowest BCUT2D eigenvalue weighted by molar-refractivity contribution is 0.0605. The number of hydrogen-bond acceptors (Lipinski definition) is 9. The van der Waals surface area contributed by atoms with Gasteiger partial charge in [-0.1, -0.05) is 18.7 Å². The fourth-order valence-electron chi connectivity index (χ4n) is 4.19. The van der Waals surface area contributed by atoms with E-state index in [1.54, 1.807) is 11.3 Å². The van der Waals surface area contributed by atoms with Crippen molar-refractivity contribution in [2.24, 2.45) is 5.92 Å². The van der Waals surface area contributed by atoms with Gasteiger partial charge >= 0.3 is 5.97 Å². The van der Waals surface area contributed by atoms with Crippen molar-refractivity contribution in [1.29, 1.82) is 0 Å². The number of hydrogen-bond donors (Lipinski definition) is 1. The van der Waals surface area contributed by atoms with Crippen LogP contribution in [0.25, 0.3) is 20.4 Å². The van der Waals surface area contributed by atoms with E-state index >= 15 is 0 Å². The Balaban J connectivity index is 1.50. The summed E-state index contributed by atoms with van der Waals surface area (Å²) in [6.07, 6.45) is 3.10. The highest BCUT2D eigenvalue weighted by atomic mass is 32.2. The molecule has 0 radical (unpaired) electrons. The topological polar surface area (TPSA) is 97.8 Å². The van der Waals surface area contributed by atoms with Crippen LogP contribution in [0.5, 0.6) is 0 Å². The molecule has 0 aliphatic heterocycles. The van der Waals surface area contributed by atoms with E-state index in [0.29, 0.717) is 28.2 Å². The molecule has 0 fully saturated rings. The molecule has 1 atom stereocenters. The maximum absolute atomic E-state index is 12.9. The zero-order chi connectivity index (χ0) is 22.6. The van der Waals surface area contributed by atoms with Gasteiger partial charge in [-0.3, -0.25) is 4.79 Å². The van der Waals surface area contributed by atoms with E-state index < -0.39 is 0 Å². The van der Waals surface area contributed by atoms with Gasteiger partial charge in [-0.05, 0) is 50.2 Å². The lowest BCUT2D eigenvalue weighted by atomic mass is 9.89. The van der Waals surface area contributed by atoms with Gasteiger partial charge in [0.2, 0.25) is 0 Å². The predicted octanol–water partition coefficient (Wildman–Crippen LogP) is 4.81. The number of ether oxygens (including phenoxy) is 1. The molecule has 166 valence electrons. The van der Waals surface area contributed by atoms with Crippen molar-refractivity contribution < 1.29 is 9.53 Å². The predicted molar refractivity (Wildman–Crippen MR) is 129 cm³/mol. The number of thiophene rings is 2. The minimum absolute atomic E-state index is 0.0543. The van der Waals surface area contributed by atoms with E-state index in [1.807, 2.05) is 13.8 Å². The van der Waals surface area contributed by atoms with Crippen LogP contribution in [0.1, 0.15) is 50.7 Å². The fraction of sp³-hybridized carbons (Fsp3) is 0.409. The highest BCUT2D eigenvalue weighted by molar-refractivity contribution is 7.98. The largest absolute Gasteiger partial charge is 0.465 e. The molecule has 10 heteroatoms. The summed E-state index contributed by atoms with van der Waals surface area (Å²) in [5.74, 6) is 2.01. The third-order valence-electron chi connectivity index (χ3n) is 5.80. The van der Waals surface area contributed by atoms with E-state index in [-0.39, 0.29) is 11.5 Å². The van der Waals surface area contributed by atoms with Gasteiger partial charge in [0.25, 0.3) is 5.56 Å². The number of esters is 1. The molecular formula is C22H22N4O3S3. The number of aromatic amines is 1. The smallest absolute Gasteiger partial charge is 0.348 e. The number of nitrogens with one attached hydrogen (secondary N) is 1. The summed E-state index contributed by atoms with van der Waals surface area (Å²) in [7, 11) is 1.37. The Morgan fingerprint density at radius 3 is 2.75 bits per heavy atom. The first-order chi connectivity index (χ1) is 15.4. The van der Waals surface area contributed by atoms with Crippen LogP contribution in [-0.4, -0.2) is 33.0 Å². The second-order valence-corrected chi connectivity index (χ2v) is 11.2. The Bertz CT molecular complexity index is 1440. The van der Waals surface area contributed by atoms with Crippen LogP contribution in [-0.2, 0) is 23.3 Å². The first kappa shape index (κ1) is 21.5. The second kappa shape index (κ2) is 8.24. The number of nitrogens with zero attached hydrogens (tertiary/aromatic N) is 3. The SMILES string of the molecule is COC(=O)c1sc2nc(C)nc(SCc3nc4sc5c(c4c(=O)[nH]3)CC[C@@H](C)C5)c2c1C. The highest BCUT2D eigenvalue weighted by Crippen LogP contribution is 2.38. The number of carbonyl (C=O) groups is 1. The van der Waals surface area contributed by atoms with Crippen molar-refractivity contribution in [2.75, 3.05) is 7.11 Å². The molecular weight excluding hydrogens is 464 g/mol. The lowest BCUT2D eigenvalue weighted by Gasteiger charge is -2.17. The maximum Gasteiger partial charge on any atom is 0.348 e. The molecule has 4 aromatic rings. The van der Waals surface area contributed by atoms with Crippen molar-refractivity contribution >= 4 is 60.8 Å². The van der Waals surface area contributed by atoms with Crippen molar-refractivity contribution in [3.8, 4) is 0 Å². The third-order valence-corrected chi connectivity index (χ3v) is 9.10. The first-order valence-electron chi connectivity index (χ1n) is 10.4. The van der Waals surface area contributed by atoms with Crippen LogP contribution in [0.3, 0.4) is 0 Å². The molecule has 0 spiro atoms. The van der Waals surface area contributed by atoms with Crippen LogP contribution >= 0.6 is 34.4 Å². The average molecular weight is 487 g/mol. The van der Waals surface area contributed by atoms with Crippen molar-refractivity contribution in [2.45, 2.75) is 50.8 Å². The van der Waals surface area contributed by atoms with Crippen molar-refractivity contribution in [1.82, 2.24) is 19.9 Å². The maximum atomic E-state index is 12.9. The Kier molecular flexibility index (Phi) is 5.55. The zero-order valence-corrected chi connectivity index (χ0v) is 20.6. The van der Waals surface area contributed by atoms with Gasteiger partial charge in [-0.15, -0.1) is 22.7 Å². The summed E-state index contributed by atoms with van der Waals surface area (Å²) in [6, 6.07) is 0. The van der Waals surface area contributed by atoms with Crippen LogP contribution in [0.4, 0.5) is 0 Å². The third kappa shape index (κ3) is 3.64. The van der Waals surface area contributed by atoms with Gasteiger partial charge in [-0.25, -0.2) is 19.7 Å². The molecule has 0 unspecified atom stereocenters. The molecule has 0 amide bonds. The second-order valence-electron chi connectivity index (χ2n) is 8.14. The molecule has 32 heavy (non-hydrogen) atoms. The van der Waals surface area contributed by atoms with E-state index in [1.165, 1.54) is 40.6 Å². The lowest BCUT2D eigenvalue weighted by Crippen LogP contribution is -2.14. The van der Waals surface area contributed by atoms with Gasteiger partial charge in [0.05, 0.1) is 18.2 Å². The van der Waals surface area contributed by atoms with Gasteiger partial charge in [0.1, 0.15) is 31.2 Å². The molecule has 0 saturated carbocycles. The molecule has 0 aromatic carbocycles. The van der Waals surface area contributed by atoms with E-state index in [4.69, 9.17) is 9.72 Å². The van der Waals surface area contributed by atoms with Crippen LogP contribution in [0.2, 0.25) is 0 Å². The molecule has 0 saturated heterocycles. The summed E-state index contributed by atoms with van der Waals surface area (Å²) in [5, 5.41) is 2.40. The fourth-order valence-corrected chi connectivity index (χ4v) is 7.81. The summed E-state index contributed by atoms with van der Waals surface area (Å²) in [4.78, 5) is 45.3. The number of carbonyl (C=O) groups excluding carboxylic acids is 1. The monoisotopic (exact) mass is 486 g/mol. The average Bonchev–Trinajstić information content (AvgIpc) is 3.28. The van der Waals surface area contributed by atoms with Crippen LogP contribution in [0, 0.1) is 19.8 Å². The zero-order valence-electron chi connectivity index (χ0n) is 18.2. The highest BCUT2D eigenvalue weighted by Gasteiger charge is 2.24. The van der Waals surface area contributed by atoms with E-state index in [9.17, 15) is 9.59 Å². The number of thioether (sulfide) groups is 1. The number of aromatic nitrogens is 4. The summed E-state index contributed by atoms with van der Waals surface area (Å²) in [5.41, 5.74) is 1.95. The number of methoxy groups -OCH3 is 1. The molecule has 5 rings (SSSR count). The Labute approximate surface area is 196 Å². The van der Waals surface area contributed by atoms with Gasteiger partial charge in [-0.2, -0.15) is 0 Å². The summed E-state index contributed by atoms with van der Waals surface area (Å²) >= 11 is 4.46. The Hall–Kier alpha value is -2.30. The number of fused-ring (bicyclic) bond motifs is 4. The van der Waals surface area contributed by atoms with Crippen LogP contribution in [0.15, 0.2) is 9.82 Å². The van der Waals surface area contributed by atoms with E-state index in [0.717, 1.165) is 50.3 Å². The van der Waals surface area contributed by atoms with E-state index in [2.05, 4.69) is 21.9 Å². The summed E-state index contributed by atoms with van der Waals surface area (Å²) in [6.45, 7) is 5.98. The normalized spacial score (nSPS) is 15.9. The minimum atomic E-state index is -0.369. The molecule has 0 bridgehead atoms. The number of rotatable bonds is 4. The van der Waals surface area contributed by atoms with Gasteiger partial charge in [0, 0.05) is 10.3 Å². The number of H-pyrrole nitrogens is 1. The van der Waals surface area contributed by atoms with Crippen molar-refractivity contribution in [3.63, 3.8) is 0 Å². The summed E-state index contributed by atoms with van der Waals surface area (Å²) < 4.78 is 4.91. The minimum Gasteiger partial charge on any atom is -0.465 e. The first-order valence-corrected chi connectivity index (χ1v) is 13.0. The number of aryl methyl sites for hydroxylation is 3. The van der Waals surface area contributed by atoms with Gasteiger partial charge < -0.3 is 9.72 Å². The van der Waals surface area contributed by atoms with Crippen molar-refractivity contribution in [3.05, 3.63) is 42.9 Å². The molecule has 1 aliphatic carbocycles. The quantitative estimate of drug-likeness (QED) is 0.251. The molecule has 7 nitrogen and oxygen atoms in total. The van der Waals surface area contributed by atoms with Gasteiger partial charge in [0.15, 0.2) is 0 Å². The molecule has 4 aromatic heterocycles. The Morgan fingerprint density at radius 2 is 1.97 bits per heavy atom. The van der Waals surface area contributed by atoms with Crippen LogP contribution < -0.4 is 5.56 Å². The molecule has 1 aliphatic rings.